The Balaban J connectivity index is 2.08. The standard InChI is InChI=1S/C14H17N3O2S/c1-9-4-5-15-6-10(9)7-16-13-17-11(8-20-13)14(2,3)12(18)19/h4-6,8H,7H2,1-3H3,(H,16,17)(H,18,19). The van der Waals surface area contributed by atoms with Crippen LogP contribution in [-0.2, 0) is 16.8 Å². The fourth-order valence-corrected chi connectivity index (χ4v) is 2.48. The van der Waals surface area contributed by atoms with E-state index in [2.05, 4.69) is 15.3 Å². The van der Waals surface area contributed by atoms with E-state index < -0.39 is 11.4 Å². The smallest absolute Gasteiger partial charge is 0.315 e. The molecule has 2 N–H and O–H groups in total. The molecule has 0 aliphatic carbocycles. The zero-order valence-corrected chi connectivity index (χ0v) is 12.5. The van der Waals surface area contributed by atoms with Gasteiger partial charge in [-0.3, -0.25) is 9.78 Å². The largest absolute Gasteiger partial charge is 0.481 e. The second-order valence-electron chi connectivity index (χ2n) is 5.12. The van der Waals surface area contributed by atoms with E-state index in [4.69, 9.17) is 0 Å². The van der Waals surface area contributed by atoms with E-state index >= 15 is 0 Å². The van der Waals surface area contributed by atoms with Gasteiger partial charge in [0.15, 0.2) is 5.13 Å². The Hall–Kier alpha value is -1.95. The number of aryl methyl sites for hydroxylation is 1. The van der Waals surface area contributed by atoms with Gasteiger partial charge in [-0.15, -0.1) is 11.3 Å². The Morgan fingerprint density at radius 1 is 1.50 bits per heavy atom. The summed E-state index contributed by atoms with van der Waals surface area (Å²) in [7, 11) is 0. The van der Waals surface area contributed by atoms with Crippen molar-refractivity contribution < 1.29 is 9.90 Å². The van der Waals surface area contributed by atoms with E-state index in [1.807, 2.05) is 19.2 Å². The summed E-state index contributed by atoms with van der Waals surface area (Å²) in [6, 6.07) is 1.96. The van der Waals surface area contributed by atoms with E-state index in [0.29, 0.717) is 12.2 Å². The third-order valence-corrected chi connectivity index (χ3v) is 4.06. The lowest BCUT2D eigenvalue weighted by molar-refractivity contribution is -0.142. The van der Waals surface area contributed by atoms with Crippen LogP contribution in [0.15, 0.2) is 23.8 Å². The van der Waals surface area contributed by atoms with Crippen molar-refractivity contribution in [2.24, 2.45) is 0 Å². The molecule has 6 heteroatoms. The molecule has 0 spiro atoms. The maximum atomic E-state index is 11.2. The zero-order chi connectivity index (χ0) is 14.8. The second-order valence-corrected chi connectivity index (χ2v) is 5.98. The van der Waals surface area contributed by atoms with Crippen molar-refractivity contribution in [3.05, 3.63) is 40.7 Å². The van der Waals surface area contributed by atoms with Crippen LogP contribution in [0.5, 0.6) is 0 Å². The van der Waals surface area contributed by atoms with Gasteiger partial charge in [-0.2, -0.15) is 0 Å². The van der Waals surface area contributed by atoms with Gasteiger partial charge >= 0.3 is 5.97 Å². The molecule has 0 amide bonds. The summed E-state index contributed by atoms with van der Waals surface area (Å²) in [5.74, 6) is -0.877. The van der Waals surface area contributed by atoms with Crippen LogP contribution >= 0.6 is 11.3 Å². The number of aliphatic carboxylic acids is 1. The Labute approximate surface area is 121 Å². The Morgan fingerprint density at radius 3 is 2.90 bits per heavy atom. The molecular formula is C14H17N3O2S. The second kappa shape index (κ2) is 5.58. The average Bonchev–Trinajstić information content (AvgIpc) is 2.87. The van der Waals surface area contributed by atoms with Gasteiger partial charge in [0.2, 0.25) is 0 Å². The van der Waals surface area contributed by atoms with Crippen molar-refractivity contribution in [1.82, 2.24) is 9.97 Å². The monoisotopic (exact) mass is 291 g/mol. The molecule has 0 aliphatic heterocycles. The highest BCUT2D eigenvalue weighted by atomic mass is 32.1. The summed E-state index contributed by atoms with van der Waals surface area (Å²) >= 11 is 1.41. The lowest BCUT2D eigenvalue weighted by Crippen LogP contribution is -2.28. The van der Waals surface area contributed by atoms with Crippen LogP contribution in [-0.4, -0.2) is 21.0 Å². The van der Waals surface area contributed by atoms with Crippen molar-refractivity contribution >= 4 is 22.4 Å². The predicted octanol–water partition coefficient (Wildman–Crippen LogP) is 2.82. The highest BCUT2D eigenvalue weighted by Gasteiger charge is 2.32. The van der Waals surface area contributed by atoms with Crippen LogP contribution in [0.1, 0.15) is 30.7 Å². The van der Waals surface area contributed by atoms with Crippen LogP contribution < -0.4 is 5.32 Å². The normalized spacial score (nSPS) is 11.3. The van der Waals surface area contributed by atoms with Gasteiger partial charge in [0, 0.05) is 24.3 Å². The van der Waals surface area contributed by atoms with Gasteiger partial charge in [-0.05, 0) is 38.0 Å². The molecule has 0 unspecified atom stereocenters. The van der Waals surface area contributed by atoms with E-state index in [1.54, 1.807) is 25.4 Å². The number of nitrogens with zero attached hydrogens (tertiary/aromatic N) is 2. The summed E-state index contributed by atoms with van der Waals surface area (Å²) in [4.78, 5) is 19.6. The van der Waals surface area contributed by atoms with E-state index in [-0.39, 0.29) is 0 Å². The molecule has 5 nitrogen and oxygen atoms in total. The minimum atomic E-state index is -0.972. The van der Waals surface area contributed by atoms with Crippen LogP contribution in [0.2, 0.25) is 0 Å². The number of rotatable bonds is 5. The van der Waals surface area contributed by atoms with Crippen molar-refractivity contribution in [2.75, 3.05) is 5.32 Å². The number of anilines is 1. The van der Waals surface area contributed by atoms with E-state index in [1.165, 1.54) is 11.3 Å². The molecule has 2 rings (SSSR count). The average molecular weight is 291 g/mol. The summed E-state index contributed by atoms with van der Waals surface area (Å²) in [6.07, 6.45) is 3.58. The minimum absolute atomic E-state index is 0.570. The molecule has 0 fully saturated rings. The number of pyridine rings is 1. The van der Waals surface area contributed by atoms with E-state index in [0.717, 1.165) is 16.3 Å². The first-order chi connectivity index (χ1) is 9.41. The number of carbonyl (C=O) groups is 1. The van der Waals surface area contributed by atoms with Crippen molar-refractivity contribution in [3.8, 4) is 0 Å². The van der Waals surface area contributed by atoms with Gasteiger partial charge in [0.25, 0.3) is 0 Å². The molecule has 0 aromatic carbocycles. The van der Waals surface area contributed by atoms with Gasteiger partial charge in [0.05, 0.1) is 5.69 Å². The fraction of sp³-hybridized carbons (Fsp3) is 0.357. The lowest BCUT2D eigenvalue weighted by atomic mass is 9.90. The first-order valence-corrected chi connectivity index (χ1v) is 7.12. The molecule has 0 bridgehead atoms. The lowest BCUT2D eigenvalue weighted by Gasteiger charge is -2.15. The molecule has 0 radical (unpaired) electrons. The van der Waals surface area contributed by atoms with Crippen LogP contribution in [0.25, 0.3) is 0 Å². The Morgan fingerprint density at radius 2 is 2.25 bits per heavy atom. The number of nitrogens with one attached hydrogen (secondary N) is 1. The van der Waals surface area contributed by atoms with Gasteiger partial charge < -0.3 is 10.4 Å². The summed E-state index contributed by atoms with van der Waals surface area (Å²) in [5.41, 5.74) is 1.86. The van der Waals surface area contributed by atoms with Gasteiger partial charge in [-0.1, -0.05) is 0 Å². The molecule has 106 valence electrons. The number of hydrogen-bond donors (Lipinski definition) is 2. The molecule has 2 aromatic heterocycles. The predicted molar refractivity (Wildman–Crippen MR) is 79.1 cm³/mol. The Kier molecular flexibility index (Phi) is 4.04. The Bertz CT molecular complexity index is 622. The van der Waals surface area contributed by atoms with Crippen molar-refractivity contribution in [1.29, 1.82) is 0 Å². The number of hydrogen-bond acceptors (Lipinski definition) is 5. The molecule has 2 aromatic rings. The third-order valence-electron chi connectivity index (χ3n) is 3.26. The number of carboxylic acid groups (broad SMARTS) is 1. The summed E-state index contributed by atoms with van der Waals surface area (Å²) in [6.45, 7) is 5.96. The molecule has 0 saturated heterocycles. The highest BCUT2D eigenvalue weighted by Crippen LogP contribution is 2.27. The first-order valence-electron chi connectivity index (χ1n) is 6.24. The van der Waals surface area contributed by atoms with Crippen LogP contribution in [0.4, 0.5) is 5.13 Å². The highest BCUT2D eigenvalue weighted by molar-refractivity contribution is 7.13. The summed E-state index contributed by atoms with van der Waals surface area (Å²) < 4.78 is 0. The number of thiazole rings is 1. The van der Waals surface area contributed by atoms with Crippen molar-refractivity contribution in [3.63, 3.8) is 0 Å². The number of aromatic nitrogens is 2. The SMILES string of the molecule is Cc1ccncc1CNc1nc(C(C)(C)C(=O)O)cs1. The fourth-order valence-electron chi connectivity index (χ4n) is 1.60. The maximum absolute atomic E-state index is 11.2. The van der Waals surface area contributed by atoms with E-state index in [9.17, 15) is 9.90 Å². The van der Waals surface area contributed by atoms with Crippen molar-refractivity contribution in [2.45, 2.75) is 32.7 Å². The topological polar surface area (TPSA) is 75.1 Å². The van der Waals surface area contributed by atoms with Gasteiger partial charge in [-0.25, -0.2) is 4.98 Å². The molecule has 2 heterocycles. The molecule has 0 aliphatic rings. The molecular weight excluding hydrogens is 274 g/mol. The first kappa shape index (κ1) is 14.5. The van der Waals surface area contributed by atoms with Crippen LogP contribution in [0, 0.1) is 6.92 Å². The minimum Gasteiger partial charge on any atom is -0.481 e. The number of carboxylic acids is 1. The molecule has 20 heavy (non-hydrogen) atoms. The molecule has 0 atom stereocenters. The van der Waals surface area contributed by atoms with Crippen LogP contribution in [0.3, 0.4) is 0 Å². The maximum Gasteiger partial charge on any atom is 0.315 e. The van der Waals surface area contributed by atoms with Gasteiger partial charge in [0.1, 0.15) is 5.41 Å². The zero-order valence-electron chi connectivity index (χ0n) is 11.7. The molecule has 0 saturated carbocycles. The third kappa shape index (κ3) is 2.96. The summed E-state index contributed by atoms with van der Waals surface area (Å²) in [5, 5.41) is 14.9. The quantitative estimate of drug-likeness (QED) is 0.886.